The maximum atomic E-state index is 12.5. The standard InChI is InChI=1S/C17H20N4O2/c1-12(2)21-15-14(16(22)19(3)17(21)23)20(11-18-15)10-9-13-7-5-4-6-8-13/h4-8,11-12H,9-10H2,1-3H3. The third kappa shape index (κ3) is 2.60. The van der Waals surface area contributed by atoms with Crippen LogP contribution in [0.1, 0.15) is 25.5 Å². The van der Waals surface area contributed by atoms with Crippen molar-refractivity contribution in [1.82, 2.24) is 18.7 Å². The zero-order valence-corrected chi connectivity index (χ0v) is 13.6. The van der Waals surface area contributed by atoms with Crippen LogP contribution in [0.2, 0.25) is 0 Å². The van der Waals surface area contributed by atoms with Crippen LogP contribution in [0, 0.1) is 0 Å². The Bertz CT molecular complexity index is 948. The summed E-state index contributed by atoms with van der Waals surface area (Å²) >= 11 is 0. The van der Waals surface area contributed by atoms with E-state index in [2.05, 4.69) is 17.1 Å². The van der Waals surface area contributed by atoms with Gasteiger partial charge >= 0.3 is 5.69 Å². The lowest BCUT2D eigenvalue weighted by atomic mass is 10.1. The number of imidazole rings is 1. The maximum absolute atomic E-state index is 12.5. The lowest BCUT2D eigenvalue weighted by molar-refractivity contribution is 0.551. The molecule has 1 aromatic carbocycles. The predicted molar refractivity (Wildman–Crippen MR) is 89.8 cm³/mol. The molecule has 0 saturated heterocycles. The van der Waals surface area contributed by atoms with E-state index in [1.54, 1.807) is 10.9 Å². The van der Waals surface area contributed by atoms with Gasteiger partial charge in [-0.25, -0.2) is 9.78 Å². The highest BCUT2D eigenvalue weighted by Gasteiger charge is 2.17. The molecular weight excluding hydrogens is 292 g/mol. The van der Waals surface area contributed by atoms with Gasteiger partial charge in [0.15, 0.2) is 11.2 Å². The average molecular weight is 312 g/mol. The van der Waals surface area contributed by atoms with Gasteiger partial charge in [0.2, 0.25) is 0 Å². The minimum absolute atomic E-state index is 0.0609. The van der Waals surface area contributed by atoms with Crippen molar-refractivity contribution in [2.45, 2.75) is 32.9 Å². The van der Waals surface area contributed by atoms with E-state index in [0.29, 0.717) is 17.7 Å². The molecule has 0 spiro atoms. The summed E-state index contributed by atoms with van der Waals surface area (Å²) in [6.45, 7) is 4.47. The van der Waals surface area contributed by atoms with Crippen molar-refractivity contribution in [3.8, 4) is 0 Å². The molecule has 3 rings (SSSR count). The smallest absolute Gasteiger partial charge is 0.324 e. The summed E-state index contributed by atoms with van der Waals surface area (Å²) in [5, 5.41) is 0. The van der Waals surface area contributed by atoms with Gasteiger partial charge in [0, 0.05) is 19.6 Å². The van der Waals surface area contributed by atoms with Crippen LogP contribution in [0.5, 0.6) is 0 Å². The molecule has 0 amide bonds. The third-order valence-electron chi connectivity index (χ3n) is 4.05. The van der Waals surface area contributed by atoms with E-state index in [1.165, 1.54) is 12.6 Å². The maximum Gasteiger partial charge on any atom is 0.332 e. The number of aryl methyl sites for hydroxylation is 2. The zero-order chi connectivity index (χ0) is 16.6. The highest BCUT2D eigenvalue weighted by Crippen LogP contribution is 2.12. The number of hydrogen-bond acceptors (Lipinski definition) is 3. The molecule has 0 unspecified atom stereocenters. The van der Waals surface area contributed by atoms with Crippen LogP contribution < -0.4 is 11.2 Å². The van der Waals surface area contributed by atoms with Gasteiger partial charge < -0.3 is 4.57 Å². The minimum atomic E-state index is -0.328. The van der Waals surface area contributed by atoms with Gasteiger partial charge in [0.25, 0.3) is 5.56 Å². The molecule has 0 saturated carbocycles. The highest BCUT2D eigenvalue weighted by molar-refractivity contribution is 5.70. The number of aromatic nitrogens is 4. The van der Waals surface area contributed by atoms with Crippen molar-refractivity contribution in [3.63, 3.8) is 0 Å². The fourth-order valence-electron chi connectivity index (χ4n) is 2.79. The van der Waals surface area contributed by atoms with Crippen LogP contribution >= 0.6 is 0 Å². The number of rotatable bonds is 4. The van der Waals surface area contributed by atoms with Crippen LogP contribution in [-0.4, -0.2) is 18.7 Å². The van der Waals surface area contributed by atoms with E-state index >= 15 is 0 Å². The summed E-state index contributed by atoms with van der Waals surface area (Å²) in [4.78, 5) is 29.1. The van der Waals surface area contributed by atoms with Crippen LogP contribution in [-0.2, 0) is 20.0 Å². The van der Waals surface area contributed by atoms with Crippen LogP contribution in [0.4, 0.5) is 0 Å². The Labute approximate surface area is 133 Å². The first kappa shape index (κ1) is 15.3. The van der Waals surface area contributed by atoms with Crippen molar-refractivity contribution >= 4 is 11.2 Å². The van der Waals surface area contributed by atoms with Gasteiger partial charge in [-0.15, -0.1) is 0 Å². The Kier molecular flexibility index (Phi) is 3.90. The molecule has 2 heterocycles. The Balaban J connectivity index is 2.10. The molecule has 0 aliphatic rings. The van der Waals surface area contributed by atoms with Gasteiger partial charge in [0.05, 0.1) is 6.33 Å². The van der Waals surface area contributed by atoms with E-state index in [4.69, 9.17) is 0 Å². The third-order valence-corrected chi connectivity index (χ3v) is 4.05. The molecule has 0 atom stereocenters. The van der Waals surface area contributed by atoms with Gasteiger partial charge in [-0.05, 0) is 25.8 Å². The fraction of sp³-hybridized carbons (Fsp3) is 0.353. The molecule has 0 fully saturated rings. The van der Waals surface area contributed by atoms with Gasteiger partial charge in [-0.3, -0.25) is 13.9 Å². The molecule has 0 aliphatic heterocycles. The quantitative estimate of drug-likeness (QED) is 0.737. The molecule has 0 radical (unpaired) electrons. The minimum Gasteiger partial charge on any atom is -0.324 e. The second kappa shape index (κ2) is 5.87. The Morgan fingerprint density at radius 1 is 1.13 bits per heavy atom. The summed E-state index contributed by atoms with van der Waals surface area (Å²) in [6, 6.07) is 10.0. The van der Waals surface area contributed by atoms with Gasteiger partial charge in [-0.2, -0.15) is 0 Å². The van der Waals surface area contributed by atoms with Crippen LogP contribution in [0.15, 0.2) is 46.2 Å². The zero-order valence-electron chi connectivity index (χ0n) is 13.6. The SMILES string of the molecule is CC(C)n1c(=O)n(C)c(=O)c2c1ncn2CCc1ccccc1. The second-order valence-corrected chi connectivity index (χ2v) is 5.96. The van der Waals surface area contributed by atoms with Crippen molar-refractivity contribution < 1.29 is 0 Å². The van der Waals surface area contributed by atoms with E-state index < -0.39 is 0 Å². The molecule has 6 heteroatoms. The second-order valence-electron chi connectivity index (χ2n) is 5.96. The monoisotopic (exact) mass is 312 g/mol. The van der Waals surface area contributed by atoms with Crippen molar-refractivity contribution in [2.24, 2.45) is 7.05 Å². The number of fused-ring (bicyclic) bond motifs is 1. The summed E-state index contributed by atoms with van der Waals surface area (Å²) in [5.74, 6) is 0. The molecule has 3 aromatic rings. The molecule has 0 aliphatic carbocycles. The molecule has 0 N–H and O–H groups in total. The van der Waals surface area contributed by atoms with Gasteiger partial charge in [-0.1, -0.05) is 30.3 Å². The molecule has 23 heavy (non-hydrogen) atoms. The van der Waals surface area contributed by atoms with Crippen molar-refractivity contribution in [2.75, 3.05) is 0 Å². The van der Waals surface area contributed by atoms with E-state index in [9.17, 15) is 9.59 Å². The summed E-state index contributed by atoms with van der Waals surface area (Å²) in [5.41, 5.74) is 1.51. The highest BCUT2D eigenvalue weighted by atomic mass is 16.2. The topological polar surface area (TPSA) is 61.8 Å². The summed E-state index contributed by atoms with van der Waals surface area (Å²) in [7, 11) is 1.51. The Morgan fingerprint density at radius 3 is 2.48 bits per heavy atom. The van der Waals surface area contributed by atoms with Crippen LogP contribution in [0.3, 0.4) is 0 Å². The molecule has 0 bridgehead atoms. The van der Waals surface area contributed by atoms with Crippen molar-refractivity contribution in [1.29, 1.82) is 0 Å². The lowest BCUT2D eigenvalue weighted by Crippen LogP contribution is -2.39. The molecular formula is C17H20N4O2. The van der Waals surface area contributed by atoms with E-state index in [1.807, 2.05) is 36.6 Å². The largest absolute Gasteiger partial charge is 0.332 e. The van der Waals surface area contributed by atoms with E-state index in [0.717, 1.165) is 11.0 Å². The molecule has 120 valence electrons. The first-order valence-corrected chi connectivity index (χ1v) is 7.71. The number of hydrogen-bond donors (Lipinski definition) is 0. The van der Waals surface area contributed by atoms with E-state index in [-0.39, 0.29) is 17.3 Å². The summed E-state index contributed by atoms with van der Waals surface area (Å²) in [6.07, 6.45) is 2.45. The fourth-order valence-corrected chi connectivity index (χ4v) is 2.79. The normalized spacial score (nSPS) is 11.5. The average Bonchev–Trinajstić information content (AvgIpc) is 2.95. The lowest BCUT2D eigenvalue weighted by Gasteiger charge is -2.12. The number of benzene rings is 1. The number of nitrogens with zero attached hydrogens (tertiary/aromatic N) is 4. The summed E-state index contributed by atoms with van der Waals surface area (Å²) < 4.78 is 4.56. The van der Waals surface area contributed by atoms with Crippen molar-refractivity contribution in [3.05, 3.63) is 63.1 Å². The molecule has 2 aromatic heterocycles. The predicted octanol–water partition coefficient (Wildman–Crippen LogP) is 1.72. The Morgan fingerprint density at radius 2 is 1.83 bits per heavy atom. The molecule has 6 nitrogen and oxygen atoms in total. The van der Waals surface area contributed by atoms with Crippen LogP contribution in [0.25, 0.3) is 11.2 Å². The Hall–Kier alpha value is -2.63. The first-order valence-electron chi connectivity index (χ1n) is 7.71. The first-order chi connectivity index (χ1) is 11.0. The van der Waals surface area contributed by atoms with Gasteiger partial charge in [0.1, 0.15) is 0 Å².